The van der Waals surface area contributed by atoms with Gasteiger partial charge in [-0.05, 0) is 31.0 Å². The number of halogens is 1. The standard InChI is InChI=1S/C22H19ClN4OS2/c23-18-11-10-17(29-18)19-14-8-4-5-9-16(14)30-22-20(27-19)26-15(12-24-22)21(28)25-13-6-2-1-3-7-13/h4-5,8-13H,1-3,6-7H2,(H,25,28). The zero-order chi connectivity index (χ0) is 20.5. The minimum absolute atomic E-state index is 0.181. The van der Waals surface area contributed by atoms with Gasteiger partial charge in [-0.2, -0.15) is 0 Å². The van der Waals surface area contributed by atoms with Gasteiger partial charge in [-0.3, -0.25) is 4.79 Å². The van der Waals surface area contributed by atoms with Crippen molar-refractivity contribution in [1.29, 1.82) is 0 Å². The number of aliphatic imine (C=N–C) groups is 1. The van der Waals surface area contributed by atoms with Crippen molar-refractivity contribution >= 4 is 52.1 Å². The lowest BCUT2D eigenvalue weighted by Gasteiger charge is -2.22. The van der Waals surface area contributed by atoms with Crippen LogP contribution in [0.4, 0.5) is 5.82 Å². The number of fused-ring (bicyclic) bond motifs is 2. The summed E-state index contributed by atoms with van der Waals surface area (Å²) in [7, 11) is 0. The van der Waals surface area contributed by atoms with E-state index in [4.69, 9.17) is 16.6 Å². The summed E-state index contributed by atoms with van der Waals surface area (Å²) in [6.07, 6.45) is 7.16. The average Bonchev–Trinajstić information content (AvgIpc) is 3.12. The van der Waals surface area contributed by atoms with Crippen molar-refractivity contribution in [3.05, 3.63) is 63.1 Å². The summed E-state index contributed by atoms with van der Waals surface area (Å²) in [6, 6.07) is 12.1. The first-order valence-corrected chi connectivity index (χ1v) is 12.0. The van der Waals surface area contributed by atoms with Crippen LogP contribution in [0.1, 0.15) is 53.0 Å². The summed E-state index contributed by atoms with van der Waals surface area (Å²) >= 11 is 9.17. The molecule has 0 atom stereocenters. The molecule has 1 amide bonds. The number of hydrogen-bond donors (Lipinski definition) is 1. The van der Waals surface area contributed by atoms with Crippen LogP contribution in [0, 0.1) is 0 Å². The van der Waals surface area contributed by atoms with Gasteiger partial charge in [-0.25, -0.2) is 15.0 Å². The Kier molecular flexibility index (Phi) is 5.58. The smallest absolute Gasteiger partial charge is 0.271 e. The molecular weight excluding hydrogens is 436 g/mol. The van der Waals surface area contributed by atoms with Crippen molar-refractivity contribution < 1.29 is 4.79 Å². The number of nitrogens with one attached hydrogen (secondary N) is 1. The van der Waals surface area contributed by atoms with Crippen LogP contribution in [0.2, 0.25) is 4.34 Å². The molecule has 1 fully saturated rings. The van der Waals surface area contributed by atoms with E-state index in [9.17, 15) is 4.79 Å². The minimum atomic E-state index is -0.181. The Labute approximate surface area is 188 Å². The molecule has 152 valence electrons. The van der Waals surface area contributed by atoms with Crippen molar-refractivity contribution in [2.24, 2.45) is 4.99 Å². The van der Waals surface area contributed by atoms with Crippen LogP contribution in [-0.4, -0.2) is 27.6 Å². The van der Waals surface area contributed by atoms with Gasteiger partial charge in [0.1, 0.15) is 10.7 Å². The van der Waals surface area contributed by atoms with Gasteiger partial charge in [-0.15, -0.1) is 11.3 Å². The number of hydrogen-bond acceptors (Lipinski definition) is 6. The molecule has 1 aliphatic carbocycles. The third kappa shape index (κ3) is 4.02. The maximum Gasteiger partial charge on any atom is 0.271 e. The molecule has 0 unspecified atom stereocenters. The van der Waals surface area contributed by atoms with Gasteiger partial charge >= 0.3 is 0 Å². The number of aromatic nitrogens is 2. The van der Waals surface area contributed by atoms with Crippen molar-refractivity contribution in [3.63, 3.8) is 0 Å². The van der Waals surface area contributed by atoms with E-state index in [1.54, 1.807) is 6.20 Å². The van der Waals surface area contributed by atoms with E-state index in [2.05, 4.69) is 15.3 Å². The van der Waals surface area contributed by atoms with Crippen molar-refractivity contribution in [3.8, 4) is 0 Å². The van der Waals surface area contributed by atoms with Gasteiger partial charge in [0.15, 0.2) is 5.82 Å². The highest BCUT2D eigenvalue weighted by molar-refractivity contribution is 7.99. The second-order valence-corrected chi connectivity index (χ2v) is 10.1. The fourth-order valence-corrected chi connectivity index (χ4v) is 5.74. The molecule has 30 heavy (non-hydrogen) atoms. The first-order chi connectivity index (χ1) is 14.7. The zero-order valence-corrected chi connectivity index (χ0v) is 18.5. The van der Waals surface area contributed by atoms with E-state index in [0.29, 0.717) is 20.9 Å². The monoisotopic (exact) mass is 454 g/mol. The van der Waals surface area contributed by atoms with Gasteiger partial charge in [-0.1, -0.05) is 60.8 Å². The number of carbonyl (C=O) groups is 1. The summed E-state index contributed by atoms with van der Waals surface area (Å²) < 4.78 is 0.703. The molecule has 0 radical (unpaired) electrons. The second-order valence-electron chi connectivity index (χ2n) is 7.35. The van der Waals surface area contributed by atoms with Crippen molar-refractivity contribution in [2.45, 2.75) is 48.1 Å². The van der Waals surface area contributed by atoms with Crippen LogP contribution in [0.25, 0.3) is 0 Å². The Bertz CT molecular complexity index is 1140. The quantitative estimate of drug-likeness (QED) is 0.419. The molecule has 1 saturated carbocycles. The fourth-order valence-electron chi connectivity index (χ4n) is 3.78. The lowest BCUT2D eigenvalue weighted by Crippen LogP contribution is -2.36. The number of nitrogens with zero attached hydrogens (tertiary/aromatic N) is 3. The summed E-state index contributed by atoms with van der Waals surface area (Å²) in [6.45, 7) is 0. The minimum Gasteiger partial charge on any atom is -0.348 e. The van der Waals surface area contributed by atoms with Crippen LogP contribution >= 0.6 is 34.7 Å². The van der Waals surface area contributed by atoms with E-state index in [1.807, 2.05) is 36.4 Å². The predicted octanol–water partition coefficient (Wildman–Crippen LogP) is 5.89. The Morgan fingerprint density at radius 3 is 2.73 bits per heavy atom. The molecule has 1 aromatic carbocycles. The molecule has 1 aliphatic heterocycles. The van der Waals surface area contributed by atoms with Crippen LogP contribution < -0.4 is 5.32 Å². The summed E-state index contributed by atoms with van der Waals surface area (Å²) in [5.41, 5.74) is 2.11. The number of thiophene rings is 1. The van der Waals surface area contributed by atoms with Crippen LogP contribution in [0.3, 0.4) is 0 Å². The molecule has 5 rings (SSSR count). The Morgan fingerprint density at radius 2 is 1.93 bits per heavy atom. The van der Waals surface area contributed by atoms with Crippen molar-refractivity contribution in [2.75, 3.05) is 0 Å². The molecule has 2 aromatic heterocycles. The van der Waals surface area contributed by atoms with Gasteiger partial charge in [0.25, 0.3) is 5.91 Å². The third-order valence-corrected chi connectivity index (χ3v) is 7.56. The maximum absolute atomic E-state index is 12.8. The molecule has 8 heteroatoms. The Balaban J connectivity index is 1.53. The lowest BCUT2D eigenvalue weighted by molar-refractivity contribution is 0.0922. The topological polar surface area (TPSA) is 67.2 Å². The van der Waals surface area contributed by atoms with Gasteiger partial charge in [0, 0.05) is 16.5 Å². The maximum atomic E-state index is 12.8. The zero-order valence-electron chi connectivity index (χ0n) is 16.1. The van der Waals surface area contributed by atoms with Crippen molar-refractivity contribution in [1.82, 2.24) is 15.3 Å². The largest absolute Gasteiger partial charge is 0.348 e. The fraction of sp³-hybridized carbons (Fsp3) is 0.273. The van der Waals surface area contributed by atoms with E-state index in [-0.39, 0.29) is 11.9 Å². The molecule has 2 aliphatic rings. The lowest BCUT2D eigenvalue weighted by atomic mass is 9.95. The van der Waals surface area contributed by atoms with Crippen LogP contribution in [0.5, 0.6) is 0 Å². The molecule has 3 heterocycles. The normalized spacial score (nSPS) is 16.2. The van der Waals surface area contributed by atoms with Gasteiger partial charge < -0.3 is 5.32 Å². The number of amides is 1. The van der Waals surface area contributed by atoms with Crippen LogP contribution in [-0.2, 0) is 0 Å². The highest BCUT2D eigenvalue weighted by Gasteiger charge is 2.24. The van der Waals surface area contributed by atoms with Gasteiger partial charge in [0.2, 0.25) is 0 Å². The van der Waals surface area contributed by atoms with E-state index >= 15 is 0 Å². The van der Waals surface area contributed by atoms with E-state index in [0.717, 1.165) is 46.7 Å². The molecule has 1 N–H and O–H groups in total. The molecule has 0 bridgehead atoms. The Morgan fingerprint density at radius 1 is 1.10 bits per heavy atom. The molecule has 5 nitrogen and oxygen atoms in total. The van der Waals surface area contributed by atoms with Gasteiger partial charge in [0.05, 0.1) is 21.1 Å². The molecule has 3 aromatic rings. The highest BCUT2D eigenvalue weighted by atomic mass is 35.5. The summed E-state index contributed by atoms with van der Waals surface area (Å²) in [5.74, 6) is 0.284. The molecule has 0 spiro atoms. The Hall–Kier alpha value is -2.22. The SMILES string of the molecule is O=C(NC1CCCCC1)c1cnc2c(n1)N=C(c1ccc(Cl)s1)c1ccccc1S2. The van der Waals surface area contributed by atoms with E-state index in [1.165, 1.54) is 29.5 Å². The number of rotatable bonds is 3. The first kappa shape index (κ1) is 19.7. The second kappa shape index (κ2) is 8.49. The summed E-state index contributed by atoms with van der Waals surface area (Å²) in [4.78, 5) is 28.8. The number of carbonyl (C=O) groups excluding carboxylic acids is 1. The number of benzene rings is 1. The highest BCUT2D eigenvalue weighted by Crippen LogP contribution is 2.40. The molecular formula is C22H19ClN4OS2. The third-order valence-electron chi connectivity index (χ3n) is 5.27. The average molecular weight is 455 g/mol. The van der Waals surface area contributed by atoms with E-state index < -0.39 is 0 Å². The molecule has 0 saturated heterocycles. The summed E-state index contributed by atoms with van der Waals surface area (Å²) in [5, 5.41) is 3.80. The predicted molar refractivity (Wildman–Crippen MR) is 122 cm³/mol. The first-order valence-electron chi connectivity index (χ1n) is 9.97. The van der Waals surface area contributed by atoms with Crippen LogP contribution in [0.15, 0.2) is 57.5 Å².